The summed E-state index contributed by atoms with van der Waals surface area (Å²) in [5, 5.41) is 0. The first kappa shape index (κ1) is 17.7. The Labute approximate surface area is 151 Å². The number of hydrogen-bond donors (Lipinski definition) is 1. The van der Waals surface area contributed by atoms with Crippen LogP contribution in [-0.4, -0.2) is 37.0 Å². The van der Waals surface area contributed by atoms with Crippen LogP contribution < -0.4 is 4.90 Å². The number of amides is 1. The first-order chi connectivity index (χ1) is 11.9. The second-order valence-corrected chi connectivity index (χ2v) is 8.03. The average molecular weight is 337 g/mol. The number of benzene rings is 2. The summed E-state index contributed by atoms with van der Waals surface area (Å²) >= 11 is 0. The van der Waals surface area contributed by atoms with E-state index in [1.807, 2.05) is 17.0 Å². The van der Waals surface area contributed by atoms with E-state index in [9.17, 15) is 4.79 Å². The van der Waals surface area contributed by atoms with Crippen molar-refractivity contribution >= 4 is 5.91 Å². The van der Waals surface area contributed by atoms with E-state index in [0.29, 0.717) is 0 Å². The van der Waals surface area contributed by atoms with Gasteiger partial charge < -0.3 is 9.80 Å². The van der Waals surface area contributed by atoms with Crippen molar-refractivity contribution in [2.24, 2.45) is 0 Å². The van der Waals surface area contributed by atoms with Crippen molar-refractivity contribution in [3.05, 3.63) is 71.3 Å². The van der Waals surface area contributed by atoms with Crippen LogP contribution in [0.3, 0.4) is 0 Å². The highest BCUT2D eigenvalue weighted by Gasteiger charge is 2.25. The van der Waals surface area contributed by atoms with Gasteiger partial charge in [-0.1, -0.05) is 63.2 Å². The molecule has 0 unspecified atom stereocenters. The van der Waals surface area contributed by atoms with Crippen LogP contribution in [0.25, 0.3) is 0 Å². The summed E-state index contributed by atoms with van der Waals surface area (Å²) in [5.41, 5.74) is 3.56. The summed E-state index contributed by atoms with van der Waals surface area (Å²) in [5.74, 6) is 0.166. The normalized spacial score (nSPS) is 16.0. The monoisotopic (exact) mass is 337 g/mol. The van der Waals surface area contributed by atoms with Gasteiger partial charge in [-0.25, -0.2) is 0 Å². The molecule has 0 spiro atoms. The minimum absolute atomic E-state index is 0.119. The molecule has 0 saturated carbocycles. The second-order valence-electron chi connectivity index (χ2n) is 8.03. The van der Waals surface area contributed by atoms with Gasteiger partial charge in [0.15, 0.2) is 0 Å². The highest BCUT2D eigenvalue weighted by Crippen LogP contribution is 2.22. The number of carbonyl (C=O) groups excluding carboxylic acids is 1. The van der Waals surface area contributed by atoms with Crippen LogP contribution in [0.4, 0.5) is 0 Å². The molecular weight excluding hydrogens is 308 g/mol. The Bertz CT molecular complexity index is 693. The van der Waals surface area contributed by atoms with E-state index < -0.39 is 0 Å². The maximum atomic E-state index is 12.7. The van der Waals surface area contributed by atoms with Crippen molar-refractivity contribution in [3.63, 3.8) is 0 Å². The summed E-state index contributed by atoms with van der Waals surface area (Å²) in [6.45, 7) is 11.3. The maximum Gasteiger partial charge on any atom is 0.254 e. The standard InChI is InChI=1S/C22H28N2O/c1-22(2,3)20-11-9-19(10-12-20)21(25)24-15-13-23(14-16-24)17-18-7-5-4-6-8-18/h4-12H,13-17H2,1-3H3/p+1. The van der Waals surface area contributed by atoms with Gasteiger partial charge in [0.05, 0.1) is 26.2 Å². The van der Waals surface area contributed by atoms with Crippen molar-refractivity contribution < 1.29 is 9.69 Å². The van der Waals surface area contributed by atoms with Crippen LogP contribution >= 0.6 is 0 Å². The molecule has 1 aliphatic rings. The van der Waals surface area contributed by atoms with Crippen LogP contribution in [0, 0.1) is 0 Å². The van der Waals surface area contributed by atoms with Gasteiger partial charge in [-0.2, -0.15) is 0 Å². The number of quaternary nitrogens is 1. The lowest BCUT2D eigenvalue weighted by molar-refractivity contribution is -0.917. The van der Waals surface area contributed by atoms with E-state index in [2.05, 4.69) is 63.2 Å². The molecule has 3 nitrogen and oxygen atoms in total. The van der Waals surface area contributed by atoms with E-state index in [4.69, 9.17) is 0 Å². The molecule has 132 valence electrons. The quantitative estimate of drug-likeness (QED) is 0.915. The zero-order chi connectivity index (χ0) is 17.9. The summed E-state index contributed by atoms with van der Waals surface area (Å²) in [4.78, 5) is 16.3. The molecule has 1 N–H and O–H groups in total. The van der Waals surface area contributed by atoms with Gasteiger partial charge in [0.25, 0.3) is 5.91 Å². The van der Waals surface area contributed by atoms with Crippen molar-refractivity contribution in [3.8, 4) is 0 Å². The SMILES string of the molecule is CC(C)(C)c1ccc(C(=O)N2CC[NH+](Cc3ccccc3)CC2)cc1. The van der Waals surface area contributed by atoms with Crippen molar-refractivity contribution in [2.75, 3.05) is 26.2 Å². The number of rotatable bonds is 3. The van der Waals surface area contributed by atoms with Crippen LogP contribution in [0.15, 0.2) is 54.6 Å². The topological polar surface area (TPSA) is 24.8 Å². The molecule has 3 heteroatoms. The molecule has 1 amide bonds. The molecule has 0 aromatic heterocycles. The van der Waals surface area contributed by atoms with E-state index >= 15 is 0 Å². The molecule has 0 aliphatic carbocycles. The zero-order valence-electron chi connectivity index (χ0n) is 15.6. The smallest absolute Gasteiger partial charge is 0.254 e. The molecular formula is C22H29N2O+. The fraction of sp³-hybridized carbons (Fsp3) is 0.409. The lowest BCUT2D eigenvalue weighted by Crippen LogP contribution is -3.13. The van der Waals surface area contributed by atoms with Gasteiger partial charge in [0.1, 0.15) is 6.54 Å². The maximum absolute atomic E-state index is 12.7. The first-order valence-electron chi connectivity index (χ1n) is 9.21. The van der Waals surface area contributed by atoms with Crippen molar-refractivity contribution in [2.45, 2.75) is 32.7 Å². The Balaban J connectivity index is 1.56. The average Bonchev–Trinajstić information content (AvgIpc) is 2.62. The fourth-order valence-corrected chi connectivity index (χ4v) is 3.38. The molecule has 0 bridgehead atoms. The minimum Gasteiger partial charge on any atom is -0.328 e. The Morgan fingerprint density at radius 3 is 2.12 bits per heavy atom. The third-order valence-corrected chi connectivity index (χ3v) is 5.05. The third kappa shape index (κ3) is 4.49. The van der Waals surface area contributed by atoms with Gasteiger partial charge >= 0.3 is 0 Å². The summed E-state index contributed by atoms with van der Waals surface area (Å²) in [6.07, 6.45) is 0. The predicted molar refractivity (Wildman–Crippen MR) is 102 cm³/mol. The van der Waals surface area contributed by atoms with E-state index in [1.165, 1.54) is 11.1 Å². The number of nitrogens with one attached hydrogen (secondary N) is 1. The molecule has 25 heavy (non-hydrogen) atoms. The Kier molecular flexibility index (Phi) is 5.24. The second kappa shape index (κ2) is 7.40. The summed E-state index contributed by atoms with van der Waals surface area (Å²) in [7, 11) is 0. The largest absolute Gasteiger partial charge is 0.328 e. The van der Waals surface area contributed by atoms with Crippen molar-refractivity contribution in [1.29, 1.82) is 0 Å². The molecule has 3 rings (SSSR count). The minimum atomic E-state index is 0.119. The van der Waals surface area contributed by atoms with Crippen LogP contribution in [0.5, 0.6) is 0 Å². The first-order valence-corrected chi connectivity index (χ1v) is 9.21. The lowest BCUT2D eigenvalue weighted by atomic mass is 9.86. The Morgan fingerprint density at radius 2 is 1.56 bits per heavy atom. The zero-order valence-corrected chi connectivity index (χ0v) is 15.6. The molecule has 0 atom stereocenters. The molecule has 0 radical (unpaired) electrons. The van der Waals surface area contributed by atoms with Gasteiger partial charge in [-0.3, -0.25) is 4.79 Å². The predicted octanol–water partition coefficient (Wildman–Crippen LogP) is 2.53. The molecule has 2 aromatic carbocycles. The van der Waals surface area contributed by atoms with E-state index in [-0.39, 0.29) is 11.3 Å². The Morgan fingerprint density at radius 1 is 0.960 bits per heavy atom. The van der Waals surface area contributed by atoms with Crippen LogP contribution in [-0.2, 0) is 12.0 Å². The molecule has 1 saturated heterocycles. The summed E-state index contributed by atoms with van der Waals surface area (Å²) < 4.78 is 0. The molecule has 1 aliphatic heterocycles. The van der Waals surface area contributed by atoms with Gasteiger partial charge in [-0.05, 0) is 23.1 Å². The number of nitrogens with zero attached hydrogens (tertiary/aromatic N) is 1. The number of piperazine rings is 1. The summed E-state index contributed by atoms with van der Waals surface area (Å²) in [6, 6.07) is 18.7. The van der Waals surface area contributed by atoms with Crippen molar-refractivity contribution in [1.82, 2.24) is 4.90 Å². The fourth-order valence-electron chi connectivity index (χ4n) is 3.38. The van der Waals surface area contributed by atoms with Crippen LogP contribution in [0.2, 0.25) is 0 Å². The molecule has 1 fully saturated rings. The third-order valence-electron chi connectivity index (χ3n) is 5.05. The highest BCUT2D eigenvalue weighted by atomic mass is 16.2. The lowest BCUT2D eigenvalue weighted by Gasteiger charge is -2.32. The van der Waals surface area contributed by atoms with E-state index in [1.54, 1.807) is 4.90 Å². The number of hydrogen-bond acceptors (Lipinski definition) is 1. The van der Waals surface area contributed by atoms with E-state index in [0.717, 1.165) is 38.3 Å². The van der Waals surface area contributed by atoms with Gasteiger partial charge in [-0.15, -0.1) is 0 Å². The van der Waals surface area contributed by atoms with Gasteiger partial charge in [0.2, 0.25) is 0 Å². The van der Waals surface area contributed by atoms with Gasteiger partial charge in [0, 0.05) is 11.1 Å². The Hall–Kier alpha value is -2.13. The molecule has 2 aromatic rings. The van der Waals surface area contributed by atoms with Crippen LogP contribution in [0.1, 0.15) is 42.3 Å². The molecule has 1 heterocycles. The highest BCUT2D eigenvalue weighted by molar-refractivity contribution is 5.94. The number of carbonyl (C=O) groups is 1.